The van der Waals surface area contributed by atoms with E-state index in [2.05, 4.69) is 11.9 Å². The second-order valence-electron chi connectivity index (χ2n) is 7.29. The number of sulfonamides is 1. The average Bonchev–Trinajstić information content (AvgIpc) is 2.75. The second-order valence-corrected chi connectivity index (χ2v) is 10.1. The van der Waals surface area contributed by atoms with Crippen LogP contribution in [0.15, 0.2) is 55.1 Å². The number of piperidine rings is 1. The number of carbonyl (C=O) groups is 1. The van der Waals surface area contributed by atoms with E-state index in [0.717, 1.165) is 0 Å². The molecule has 1 saturated heterocycles. The van der Waals surface area contributed by atoms with Gasteiger partial charge in [0.1, 0.15) is 12.4 Å². The van der Waals surface area contributed by atoms with Gasteiger partial charge in [0.2, 0.25) is 15.9 Å². The summed E-state index contributed by atoms with van der Waals surface area (Å²) >= 11 is 11.9. The standard InChI is InChI=1S/C22H24Cl2N2O4S/c1-2-12-30-19-5-3-4-18(14-19)25-22(27)17-8-10-26(11-9-17)31(28,29)15-16-6-7-20(23)21(24)13-16/h2-7,13-14,17H,1,8-12,15H2,(H,25,27). The van der Waals surface area contributed by atoms with Crippen molar-refractivity contribution in [2.24, 2.45) is 5.92 Å². The summed E-state index contributed by atoms with van der Waals surface area (Å²) in [6.45, 7) is 4.58. The highest BCUT2D eigenvalue weighted by Gasteiger charge is 2.31. The van der Waals surface area contributed by atoms with E-state index in [-0.39, 0.29) is 17.6 Å². The van der Waals surface area contributed by atoms with E-state index in [9.17, 15) is 13.2 Å². The lowest BCUT2D eigenvalue weighted by molar-refractivity contribution is -0.120. The number of nitrogens with zero attached hydrogens (tertiary/aromatic N) is 1. The summed E-state index contributed by atoms with van der Waals surface area (Å²) < 4.78 is 32.5. The Balaban J connectivity index is 1.55. The summed E-state index contributed by atoms with van der Waals surface area (Å²) in [7, 11) is -3.51. The number of rotatable bonds is 8. The summed E-state index contributed by atoms with van der Waals surface area (Å²) in [4.78, 5) is 12.6. The molecule has 2 aromatic carbocycles. The largest absolute Gasteiger partial charge is 0.489 e. The maximum absolute atomic E-state index is 12.8. The molecule has 9 heteroatoms. The summed E-state index contributed by atoms with van der Waals surface area (Å²) in [5, 5.41) is 3.60. The van der Waals surface area contributed by atoms with Crippen molar-refractivity contribution in [2.75, 3.05) is 25.0 Å². The molecule has 6 nitrogen and oxygen atoms in total. The Hall–Kier alpha value is -2.06. The molecule has 1 heterocycles. The van der Waals surface area contributed by atoms with Gasteiger partial charge in [-0.2, -0.15) is 0 Å². The Labute approximate surface area is 192 Å². The molecular weight excluding hydrogens is 459 g/mol. The predicted molar refractivity (Wildman–Crippen MR) is 124 cm³/mol. The van der Waals surface area contributed by atoms with Crippen LogP contribution >= 0.6 is 23.2 Å². The number of halogens is 2. The highest BCUT2D eigenvalue weighted by Crippen LogP contribution is 2.27. The fourth-order valence-electron chi connectivity index (χ4n) is 3.39. The first-order valence-electron chi connectivity index (χ1n) is 9.85. The molecule has 0 unspecified atom stereocenters. The first-order chi connectivity index (χ1) is 14.8. The molecule has 31 heavy (non-hydrogen) atoms. The summed E-state index contributed by atoms with van der Waals surface area (Å²) in [6, 6.07) is 11.9. The lowest BCUT2D eigenvalue weighted by atomic mass is 9.97. The van der Waals surface area contributed by atoms with Crippen molar-refractivity contribution in [3.63, 3.8) is 0 Å². The van der Waals surface area contributed by atoms with E-state index in [1.165, 1.54) is 4.31 Å². The minimum Gasteiger partial charge on any atom is -0.489 e. The van der Waals surface area contributed by atoms with Crippen LogP contribution in [0.1, 0.15) is 18.4 Å². The highest BCUT2D eigenvalue weighted by atomic mass is 35.5. The van der Waals surface area contributed by atoms with Gasteiger partial charge in [0, 0.05) is 30.8 Å². The molecule has 0 spiro atoms. The quantitative estimate of drug-likeness (QED) is 0.551. The summed E-state index contributed by atoms with van der Waals surface area (Å²) in [5.74, 6) is 0.107. The third-order valence-electron chi connectivity index (χ3n) is 5.02. The molecule has 2 aromatic rings. The molecule has 0 atom stereocenters. The number of amides is 1. The summed E-state index contributed by atoms with van der Waals surface area (Å²) in [6.07, 6.45) is 2.56. The van der Waals surface area contributed by atoms with Crippen LogP contribution in [0.4, 0.5) is 5.69 Å². The first kappa shape index (κ1) is 23.6. The Morgan fingerprint density at radius 2 is 1.90 bits per heavy atom. The van der Waals surface area contributed by atoms with E-state index >= 15 is 0 Å². The minimum absolute atomic E-state index is 0.123. The van der Waals surface area contributed by atoms with Crippen LogP contribution in [-0.2, 0) is 20.6 Å². The fourth-order valence-corrected chi connectivity index (χ4v) is 5.26. The summed E-state index contributed by atoms with van der Waals surface area (Å²) in [5.41, 5.74) is 1.22. The van der Waals surface area contributed by atoms with Crippen LogP contribution in [0.3, 0.4) is 0 Å². The van der Waals surface area contributed by atoms with E-state index in [0.29, 0.717) is 59.6 Å². The zero-order chi connectivity index (χ0) is 22.4. The maximum atomic E-state index is 12.8. The van der Waals surface area contributed by atoms with Crippen LogP contribution in [-0.4, -0.2) is 38.3 Å². The highest BCUT2D eigenvalue weighted by molar-refractivity contribution is 7.88. The number of carbonyl (C=O) groups excluding carboxylic acids is 1. The molecule has 1 aliphatic heterocycles. The van der Waals surface area contributed by atoms with Crippen LogP contribution in [0.25, 0.3) is 0 Å². The maximum Gasteiger partial charge on any atom is 0.227 e. The van der Waals surface area contributed by atoms with E-state index in [4.69, 9.17) is 27.9 Å². The number of nitrogens with one attached hydrogen (secondary N) is 1. The smallest absolute Gasteiger partial charge is 0.227 e. The van der Waals surface area contributed by atoms with Crippen molar-refractivity contribution in [3.05, 3.63) is 70.7 Å². The van der Waals surface area contributed by atoms with Crippen LogP contribution in [0, 0.1) is 5.92 Å². The normalized spacial score (nSPS) is 15.4. The predicted octanol–water partition coefficient (Wildman–Crippen LogP) is 4.74. The molecule has 1 aliphatic rings. The molecule has 0 bridgehead atoms. The monoisotopic (exact) mass is 482 g/mol. The second kappa shape index (κ2) is 10.5. The zero-order valence-corrected chi connectivity index (χ0v) is 19.2. The molecule has 1 amide bonds. The number of anilines is 1. The SMILES string of the molecule is C=CCOc1cccc(NC(=O)C2CCN(S(=O)(=O)Cc3ccc(Cl)c(Cl)c3)CC2)c1. The van der Waals surface area contributed by atoms with Gasteiger partial charge in [0.15, 0.2) is 0 Å². The number of benzene rings is 2. The first-order valence-corrected chi connectivity index (χ1v) is 12.2. The van der Waals surface area contributed by atoms with Crippen LogP contribution < -0.4 is 10.1 Å². The van der Waals surface area contributed by atoms with Crippen molar-refractivity contribution >= 4 is 44.8 Å². The van der Waals surface area contributed by atoms with Crippen LogP contribution in [0.2, 0.25) is 10.0 Å². The van der Waals surface area contributed by atoms with Crippen molar-refractivity contribution < 1.29 is 17.9 Å². The minimum atomic E-state index is -3.51. The molecule has 0 saturated carbocycles. The zero-order valence-electron chi connectivity index (χ0n) is 16.9. The molecule has 0 aromatic heterocycles. The third-order valence-corrected chi connectivity index (χ3v) is 7.61. The number of ether oxygens (including phenoxy) is 1. The Morgan fingerprint density at radius 3 is 2.58 bits per heavy atom. The van der Waals surface area contributed by atoms with E-state index in [1.54, 1.807) is 48.5 Å². The van der Waals surface area contributed by atoms with Gasteiger partial charge in [-0.1, -0.05) is 48.0 Å². The van der Waals surface area contributed by atoms with Crippen LogP contribution in [0.5, 0.6) is 5.75 Å². The van der Waals surface area contributed by atoms with Crippen molar-refractivity contribution in [3.8, 4) is 5.75 Å². The van der Waals surface area contributed by atoms with Gasteiger partial charge in [-0.05, 0) is 42.7 Å². The van der Waals surface area contributed by atoms with Crippen molar-refractivity contribution in [2.45, 2.75) is 18.6 Å². The fraction of sp³-hybridized carbons (Fsp3) is 0.318. The lowest BCUT2D eigenvalue weighted by Crippen LogP contribution is -2.41. The van der Waals surface area contributed by atoms with Gasteiger partial charge in [-0.25, -0.2) is 12.7 Å². The van der Waals surface area contributed by atoms with Gasteiger partial charge < -0.3 is 10.1 Å². The molecule has 0 aliphatic carbocycles. The number of hydrogen-bond donors (Lipinski definition) is 1. The van der Waals surface area contributed by atoms with Gasteiger partial charge in [-0.3, -0.25) is 4.79 Å². The average molecular weight is 483 g/mol. The molecule has 0 radical (unpaired) electrons. The van der Waals surface area contributed by atoms with Gasteiger partial charge in [-0.15, -0.1) is 0 Å². The van der Waals surface area contributed by atoms with E-state index in [1.807, 2.05) is 0 Å². The topological polar surface area (TPSA) is 75.7 Å². The molecule has 166 valence electrons. The Bertz CT molecular complexity index is 1050. The Kier molecular flexibility index (Phi) is 8.00. The van der Waals surface area contributed by atoms with E-state index < -0.39 is 10.0 Å². The molecular formula is C22H24Cl2N2O4S. The third kappa shape index (κ3) is 6.46. The molecule has 3 rings (SSSR count). The Morgan fingerprint density at radius 1 is 1.16 bits per heavy atom. The van der Waals surface area contributed by atoms with Gasteiger partial charge >= 0.3 is 0 Å². The lowest BCUT2D eigenvalue weighted by Gasteiger charge is -2.30. The van der Waals surface area contributed by atoms with Crippen molar-refractivity contribution in [1.29, 1.82) is 0 Å². The van der Waals surface area contributed by atoms with Gasteiger partial charge in [0.05, 0.1) is 15.8 Å². The van der Waals surface area contributed by atoms with Crippen molar-refractivity contribution in [1.82, 2.24) is 4.31 Å². The molecule has 1 N–H and O–H groups in total. The van der Waals surface area contributed by atoms with Gasteiger partial charge in [0.25, 0.3) is 0 Å². The molecule has 1 fully saturated rings. The number of hydrogen-bond acceptors (Lipinski definition) is 4.